The Balaban J connectivity index is 1.52. The summed E-state index contributed by atoms with van der Waals surface area (Å²) in [6.07, 6.45) is 14.2. The molecule has 1 aromatic rings. The molecule has 0 saturated heterocycles. The Labute approximate surface area is 132 Å². The molecule has 0 N–H and O–H groups in total. The minimum Gasteiger partial charge on any atom is -0.468 e. The summed E-state index contributed by atoms with van der Waals surface area (Å²) in [6.45, 7) is 2.25. The first-order valence-electron chi connectivity index (χ1n) is 8.22. The van der Waals surface area contributed by atoms with E-state index in [1.54, 1.807) is 6.26 Å². The van der Waals surface area contributed by atoms with Gasteiger partial charge in [0.15, 0.2) is 0 Å². The zero-order valence-electron chi connectivity index (χ0n) is 12.5. The Morgan fingerprint density at radius 3 is 2.35 bits per heavy atom. The number of unbranched alkanes of at least 4 members (excludes halogenated alkanes) is 6. The number of rotatable bonds is 12. The van der Waals surface area contributed by atoms with Crippen molar-refractivity contribution in [2.45, 2.75) is 70.4 Å². The molecule has 1 saturated carbocycles. The van der Waals surface area contributed by atoms with E-state index in [4.69, 9.17) is 4.42 Å². The lowest BCUT2D eigenvalue weighted by Crippen LogP contribution is -2.26. The summed E-state index contributed by atoms with van der Waals surface area (Å²) >= 11 is 3.49. The van der Waals surface area contributed by atoms with Crippen LogP contribution >= 0.6 is 15.9 Å². The average Bonchev–Trinajstić information content (AvgIpc) is 3.18. The molecule has 0 radical (unpaired) electrons. The average molecular weight is 342 g/mol. The quantitative estimate of drug-likeness (QED) is 0.375. The van der Waals surface area contributed by atoms with Crippen molar-refractivity contribution >= 4 is 15.9 Å². The van der Waals surface area contributed by atoms with Crippen molar-refractivity contribution in [2.75, 3.05) is 11.9 Å². The number of hydrogen-bond donors (Lipinski definition) is 0. The normalized spacial score (nSPS) is 15.1. The molecule has 2 nitrogen and oxygen atoms in total. The molecule has 1 aromatic heterocycles. The van der Waals surface area contributed by atoms with Gasteiger partial charge in [0.2, 0.25) is 0 Å². The van der Waals surface area contributed by atoms with E-state index in [1.165, 1.54) is 64.3 Å². The molecule has 0 bridgehead atoms. The molecule has 0 atom stereocenters. The molecular formula is C17H28BrNO. The molecule has 3 heteroatoms. The summed E-state index contributed by atoms with van der Waals surface area (Å²) in [5.74, 6) is 1.12. The standard InChI is InChI=1S/C17H28BrNO/c18-12-6-4-2-1-3-5-7-13-19(16-10-11-16)15-17-9-8-14-20-17/h8-9,14,16H,1-7,10-13,15H2. The first kappa shape index (κ1) is 16.1. The second-order valence-electron chi connectivity index (χ2n) is 5.94. The van der Waals surface area contributed by atoms with Crippen LogP contribution in [0.15, 0.2) is 22.8 Å². The Hall–Kier alpha value is -0.280. The van der Waals surface area contributed by atoms with Crippen LogP contribution in [0.1, 0.15) is 63.5 Å². The van der Waals surface area contributed by atoms with Crippen LogP contribution in [-0.2, 0) is 6.54 Å². The summed E-state index contributed by atoms with van der Waals surface area (Å²) < 4.78 is 5.48. The van der Waals surface area contributed by atoms with E-state index in [0.29, 0.717) is 0 Å². The molecule has 114 valence electrons. The van der Waals surface area contributed by atoms with Crippen molar-refractivity contribution in [3.8, 4) is 0 Å². The third-order valence-electron chi connectivity index (χ3n) is 4.08. The van der Waals surface area contributed by atoms with Crippen LogP contribution in [0.25, 0.3) is 0 Å². The van der Waals surface area contributed by atoms with Gasteiger partial charge in [-0.25, -0.2) is 0 Å². The van der Waals surface area contributed by atoms with Crippen LogP contribution < -0.4 is 0 Å². The van der Waals surface area contributed by atoms with E-state index in [9.17, 15) is 0 Å². The summed E-state index contributed by atoms with van der Waals surface area (Å²) in [5.41, 5.74) is 0. The van der Waals surface area contributed by atoms with E-state index >= 15 is 0 Å². The van der Waals surface area contributed by atoms with Crippen LogP contribution in [0.2, 0.25) is 0 Å². The van der Waals surface area contributed by atoms with Gasteiger partial charge in [-0.2, -0.15) is 0 Å². The van der Waals surface area contributed by atoms with Gasteiger partial charge < -0.3 is 4.42 Å². The van der Waals surface area contributed by atoms with Crippen LogP contribution in [0, 0.1) is 0 Å². The zero-order valence-corrected chi connectivity index (χ0v) is 14.1. The van der Waals surface area contributed by atoms with Gasteiger partial charge >= 0.3 is 0 Å². The summed E-state index contributed by atoms with van der Waals surface area (Å²) in [6, 6.07) is 4.92. The van der Waals surface area contributed by atoms with Crippen molar-refractivity contribution in [3.05, 3.63) is 24.2 Å². The summed E-state index contributed by atoms with van der Waals surface area (Å²) in [7, 11) is 0. The topological polar surface area (TPSA) is 16.4 Å². The highest BCUT2D eigenvalue weighted by atomic mass is 79.9. The lowest BCUT2D eigenvalue weighted by molar-refractivity contribution is 0.228. The Morgan fingerprint density at radius 1 is 1.05 bits per heavy atom. The second-order valence-corrected chi connectivity index (χ2v) is 6.74. The van der Waals surface area contributed by atoms with Crippen molar-refractivity contribution in [1.82, 2.24) is 4.90 Å². The van der Waals surface area contributed by atoms with E-state index in [-0.39, 0.29) is 0 Å². The predicted molar refractivity (Wildman–Crippen MR) is 88.3 cm³/mol. The Bertz CT molecular complexity index is 335. The molecule has 0 aliphatic heterocycles. The fraction of sp³-hybridized carbons (Fsp3) is 0.765. The molecule has 1 heterocycles. The highest BCUT2D eigenvalue weighted by molar-refractivity contribution is 9.09. The molecule has 1 fully saturated rings. The van der Waals surface area contributed by atoms with Gasteiger partial charge in [-0.1, -0.05) is 48.0 Å². The maximum absolute atomic E-state index is 5.48. The largest absolute Gasteiger partial charge is 0.468 e. The Morgan fingerprint density at radius 2 is 1.75 bits per heavy atom. The zero-order chi connectivity index (χ0) is 14.0. The van der Waals surface area contributed by atoms with Gasteiger partial charge in [0, 0.05) is 11.4 Å². The van der Waals surface area contributed by atoms with Crippen LogP contribution in [0.3, 0.4) is 0 Å². The van der Waals surface area contributed by atoms with Gasteiger partial charge in [0.1, 0.15) is 5.76 Å². The Kier molecular flexibility index (Phi) is 7.74. The highest BCUT2D eigenvalue weighted by Gasteiger charge is 2.28. The minimum atomic E-state index is 0.832. The summed E-state index contributed by atoms with van der Waals surface area (Å²) in [4.78, 5) is 2.61. The fourth-order valence-electron chi connectivity index (χ4n) is 2.73. The third kappa shape index (κ3) is 6.45. The third-order valence-corrected chi connectivity index (χ3v) is 4.64. The van der Waals surface area contributed by atoms with Crippen molar-refractivity contribution in [2.24, 2.45) is 0 Å². The second kappa shape index (κ2) is 9.62. The van der Waals surface area contributed by atoms with E-state index < -0.39 is 0 Å². The molecule has 1 aliphatic carbocycles. The van der Waals surface area contributed by atoms with Gasteiger partial charge in [0.25, 0.3) is 0 Å². The maximum atomic E-state index is 5.48. The van der Waals surface area contributed by atoms with E-state index in [1.807, 2.05) is 6.07 Å². The van der Waals surface area contributed by atoms with E-state index in [2.05, 4.69) is 26.9 Å². The van der Waals surface area contributed by atoms with Crippen LogP contribution in [0.4, 0.5) is 0 Å². The first-order valence-corrected chi connectivity index (χ1v) is 9.34. The van der Waals surface area contributed by atoms with Gasteiger partial charge in [-0.3, -0.25) is 4.90 Å². The minimum absolute atomic E-state index is 0.832. The molecule has 0 unspecified atom stereocenters. The molecule has 0 spiro atoms. The SMILES string of the molecule is BrCCCCCCCCCN(Cc1ccco1)C1CC1. The monoisotopic (exact) mass is 341 g/mol. The smallest absolute Gasteiger partial charge is 0.117 e. The predicted octanol–water partition coefficient (Wildman–Crippen LogP) is 5.37. The molecular weight excluding hydrogens is 314 g/mol. The van der Waals surface area contributed by atoms with Gasteiger partial charge in [-0.05, 0) is 44.4 Å². The first-order chi connectivity index (χ1) is 9.90. The van der Waals surface area contributed by atoms with Crippen LogP contribution in [-0.4, -0.2) is 22.8 Å². The molecule has 0 aromatic carbocycles. The molecule has 1 aliphatic rings. The van der Waals surface area contributed by atoms with Gasteiger partial charge in [-0.15, -0.1) is 0 Å². The lowest BCUT2D eigenvalue weighted by atomic mass is 10.1. The van der Waals surface area contributed by atoms with Crippen molar-refractivity contribution < 1.29 is 4.42 Å². The lowest BCUT2D eigenvalue weighted by Gasteiger charge is -2.20. The number of alkyl halides is 1. The van der Waals surface area contributed by atoms with Crippen LogP contribution in [0.5, 0.6) is 0 Å². The molecule has 20 heavy (non-hydrogen) atoms. The van der Waals surface area contributed by atoms with E-state index in [0.717, 1.165) is 23.7 Å². The van der Waals surface area contributed by atoms with Gasteiger partial charge in [0.05, 0.1) is 12.8 Å². The number of nitrogens with zero attached hydrogens (tertiary/aromatic N) is 1. The summed E-state index contributed by atoms with van der Waals surface area (Å²) in [5, 5.41) is 1.16. The van der Waals surface area contributed by atoms with Crippen molar-refractivity contribution in [1.29, 1.82) is 0 Å². The molecule has 2 rings (SSSR count). The van der Waals surface area contributed by atoms with Crippen molar-refractivity contribution in [3.63, 3.8) is 0 Å². The number of hydrogen-bond acceptors (Lipinski definition) is 2. The number of furan rings is 1. The highest BCUT2D eigenvalue weighted by Crippen LogP contribution is 2.28. The fourth-order valence-corrected chi connectivity index (χ4v) is 3.12. The maximum Gasteiger partial charge on any atom is 0.117 e. The number of halogens is 1. The molecule has 0 amide bonds.